The Bertz CT molecular complexity index is 336. The summed E-state index contributed by atoms with van der Waals surface area (Å²) in [5, 5.41) is 9.15. The van der Waals surface area contributed by atoms with Gasteiger partial charge < -0.3 is 10.0 Å². The van der Waals surface area contributed by atoms with E-state index in [-0.39, 0.29) is 5.91 Å². The molecule has 0 radical (unpaired) electrons. The van der Waals surface area contributed by atoms with Crippen LogP contribution in [0.4, 0.5) is 0 Å². The Morgan fingerprint density at radius 1 is 1.28 bits per heavy atom. The van der Waals surface area contributed by atoms with Gasteiger partial charge in [-0.1, -0.05) is 26.0 Å². The minimum atomic E-state index is -0.866. The Morgan fingerprint density at radius 3 is 2.33 bits per heavy atom. The molecular formula is C14H23NO3. The SMILES string of the molecule is CC(C)CCN(C)C(=O)[C@@H]1CC=CC[C@@H]1C(=O)O. The molecule has 0 unspecified atom stereocenters. The van der Waals surface area contributed by atoms with Crippen LogP contribution in [0.1, 0.15) is 33.1 Å². The van der Waals surface area contributed by atoms with Crippen LogP contribution in [-0.4, -0.2) is 35.5 Å². The highest BCUT2D eigenvalue weighted by molar-refractivity contribution is 5.85. The maximum atomic E-state index is 12.3. The predicted molar refractivity (Wildman–Crippen MR) is 70.1 cm³/mol. The van der Waals surface area contributed by atoms with Crippen molar-refractivity contribution in [3.05, 3.63) is 12.2 Å². The zero-order chi connectivity index (χ0) is 13.7. The molecule has 1 N–H and O–H groups in total. The van der Waals surface area contributed by atoms with Crippen molar-refractivity contribution < 1.29 is 14.7 Å². The van der Waals surface area contributed by atoms with Gasteiger partial charge in [0.05, 0.1) is 11.8 Å². The zero-order valence-corrected chi connectivity index (χ0v) is 11.4. The molecule has 102 valence electrons. The maximum absolute atomic E-state index is 12.3. The van der Waals surface area contributed by atoms with Gasteiger partial charge in [0.2, 0.25) is 5.91 Å². The number of carboxylic acid groups (broad SMARTS) is 1. The molecule has 1 aliphatic rings. The van der Waals surface area contributed by atoms with Gasteiger partial charge in [-0.2, -0.15) is 0 Å². The third kappa shape index (κ3) is 3.86. The van der Waals surface area contributed by atoms with Gasteiger partial charge in [0, 0.05) is 13.6 Å². The number of hydrogen-bond acceptors (Lipinski definition) is 2. The number of rotatable bonds is 5. The number of hydrogen-bond donors (Lipinski definition) is 1. The number of aliphatic carboxylic acids is 1. The van der Waals surface area contributed by atoms with Gasteiger partial charge in [0.25, 0.3) is 0 Å². The summed E-state index contributed by atoms with van der Waals surface area (Å²) in [5.74, 6) is -1.32. The van der Waals surface area contributed by atoms with Crippen LogP contribution in [0.2, 0.25) is 0 Å². The molecule has 0 spiro atoms. The first-order chi connectivity index (χ1) is 8.43. The van der Waals surface area contributed by atoms with Crippen LogP contribution in [0.5, 0.6) is 0 Å². The summed E-state index contributed by atoms with van der Waals surface area (Å²) < 4.78 is 0. The van der Waals surface area contributed by atoms with Crippen molar-refractivity contribution in [3.63, 3.8) is 0 Å². The number of amides is 1. The molecule has 0 saturated heterocycles. The number of nitrogens with zero attached hydrogens (tertiary/aromatic N) is 1. The summed E-state index contributed by atoms with van der Waals surface area (Å²) in [7, 11) is 1.77. The van der Waals surface area contributed by atoms with E-state index in [9.17, 15) is 9.59 Å². The molecule has 1 rings (SSSR count). The summed E-state index contributed by atoms with van der Waals surface area (Å²) in [6, 6.07) is 0. The van der Waals surface area contributed by atoms with Gasteiger partial charge in [-0.05, 0) is 25.2 Å². The Labute approximate surface area is 109 Å². The molecule has 0 aromatic rings. The molecule has 0 aliphatic heterocycles. The van der Waals surface area contributed by atoms with Crippen LogP contribution in [-0.2, 0) is 9.59 Å². The molecule has 1 aliphatic carbocycles. The number of allylic oxidation sites excluding steroid dienone is 2. The summed E-state index contributed by atoms with van der Waals surface area (Å²) >= 11 is 0. The van der Waals surface area contributed by atoms with Crippen molar-refractivity contribution in [2.45, 2.75) is 33.1 Å². The molecule has 0 heterocycles. The molecule has 0 aromatic carbocycles. The first-order valence-electron chi connectivity index (χ1n) is 6.56. The van der Waals surface area contributed by atoms with E-state index in [0.717, 1.165) is 6.42 Å². The average Bonchev–Trinajstić information content (AvgIpc) is 2.34. The van der Waals surface area contributed by atoms with Crippen molar-refractivity contribution in [2.24, 2.45) is 17.8 Å². The molecule has 2 atom stereocenters. The quantitative estimate of drug-likeness (QED) is 0.764. The van der Waals surface area contributed by atoms with E-state index in [0.29, 0.717) is 25.3 Å². The first-order valence-corrected chi connectivity index (χ1v) is 6.56. The monoisotopic (exact) mass is 253 g/mol. The fourth-order valence-electron chi connectivity index (χ4n) is 2.21. The number of carbonyl (C=O) groups is 2. The minimum absolute atomic E-state index is 0.0348. The lowest BCUT2D eigenvalue weighted by atomic mass is 9.82. The summed E-state index contributed by atoms with van der Waals surface area (Å²) in [4.78, 5) is 25.1. The van der Waals surface area contributed by atoms with Gasteiger partial charge in [-0.3, -0.25) is 9.59 Å². The molecule has 0 bridgehead atoms. The van der Waals surface area contributed by atoms with Crippen molar-refractivity contribution >= 4 is 11.9 Å². The van der Waals surface area contributed by atoms with E-state index in [1.165, 1.54) is 0 Å². The van der Waals surface area contributed by atoms with Crippen LogP contribution in [0.25, 0.3) is 0 Å². The highest BCUT2D eigenvalue weighted by atomic mass is 16.4. The van der Waals surface area contributed by atoms with Crippen LogP contribution in [0.15, 0.2) is 12.2 Å². The summed E-state index contributed by atoms with van der Waals surface area (Å²) in [5.41, 5.74) is 0. The second-order valence-corrected chi connectivity index (χ2v) is 5.44. The van der Waals surface area contributed by atoms with Crippen LogP contribution >= 0.6 is 0 Å². The zero-order valence-electron chi connectivity index (χ0n) is 11.4. The lowest BCUT2D eigenvalue weighted by Gasteiger charge is -2.29. The standard InChI is InChI=1S/C14H23NO3/c1-10(2)8-9-15(3)13(16)11-6-4-5-7-12(11)14(17)18/h4-5,10-12H,6-9H2,1-3H3,(H,17,18)/t11-,12+/m1/s1. The topological polar surface area (TPSA) is 57.6 Å². The molecule has 4 nitrogen and oxygen atoms in total. The van der Waals surface area contributed by atoms with Crippen molar-refractivity contribution in [3.8, 4) is 0 Å². The van der Waals surface area contributed by atoms with Crippen LogP contribution < -0.4 is 0 Å². The lowest BCUT2D eigenvalue weighted by Crippen LogP contribution is -2.40. The minimum Gasteiger partial charge on any atom is -0.481 e. The fraction of sp³-hybridized carbons (Fsp3) is 0.714. The maximum Gasteiger partial charge on any atom is 0.307 e. The normalized spacial score (nSPS) is 23.1. The van der Waals surface area contributed by atoms with E-state index in [1.807, 2.05) is 12.2 Å². The molecule has 0 saturated carbocycles. The highest BCUT2D eigenvalue weighted by Gasteiger charge is 2.35. The van der Waals surface area contributed by atoms with Crippen molar-refractivity contribution in [2.75, 3.05) is 13.6 Å². The third-order valence-electron chi connectivity index (χ3n) is 3.48. The van der Waals surface area contributed by atoms with Crippen LogP contribution in [0.3, 0.4) is 0 Å². The average molecular weight is 253 g/mol. The Hall–Kier alpha value is -1.32. The van der Waals surface area contributed by atoms with Gasteiger partial charge in [0.1, 0.15) is 0 Å². The van der Waals surface area contributed by atoms with Gasteiger partial charge in [-0.25, -0.2) is 0 Å². The van der Waals surface area contributed by atoms with E-state index in [4.69, 9.17) is 5.11 Å². The Balaban J connectivity index is 2.63. The van der Waals surface area contributed by atoms with Gasteiger partial charge in [0.15, 0.2) is 0 Å². The molecule has 1 amide bonds. The number of carboxylic acids is 1. The molecule has 4 heteroatoms. The molecule has 0 aromatic heterocycles. The lowest BCUT2D eigenvalue weighted by molar-refractivity contribution is -0.150. The smallest absolute Gasteiger partial charge is 0.307 e. The van der Waals surface area contributed by atoms with Crippen LogP contribution in [0, 0.1) is 17.8 Å². The second kappa shape index (κ2) is 6.57. The summed E-state index contributed by atoms with van der Waals surface area (Å²) in [6.07, 6.45) is 5.73. The fourth-order valence-corrected chi connectivity index (χ4v) is 2.21. The Morgan fingerprint density at radius 2 is 1.83 bits per heavy atom. The van der Waals surface area contributed by atoms with E-state index < -0.39 is 17.8 Å². The molecular weight excluding hydrogens is 230 g/mol. The molecule has 18 heavy (non-hydrogen) atoms. The van der Waals surface area contributed by atoms with Gasteiger partial charge >= 0.3 is 5.97 Å². The number of carbonyl (C=O) groups excluding carboxylic acids is 1. The van der Waals surface area contributed by atoms with E-state index in [1.54, 1.807) is 11.9 Å². The molecule has 0 fully saturated rings. The highest BCUT2D eigenvalue weighted by Crippen LogP contribution is 2.27. The second-order valence-electron chi connectivity index (χ2n) is 5.44. The van der Waals surface area contributed by atoms with E-state index in [2.05, 4.69) is 13.8 Å². The largest absolute Gasteiger partial charge is 0.481 e. The first kappa shape index (κ1) is 14.7. The summed E-state index contributed by atoms with van der Waals surface area (Å²) in [6.45, 7) is 4.92. The Kier molecular flexibility index (Phi) is 5.38. The van der Waals surface area contributed by atoms with E-state index >= 15 is 0 Å². The van der Waals surface area contributed by atoms with Crippen molar-refractivity contribution in [1.82, 2.24) is 4.90 Å². The van der Waals surface area contributed by atoms with Gasteiger partial charge in [-0.15, -0.1) is 0 Å². The third-order valence-corrected chi connectivity index (χ3v) is 3.48. The predicted octanol–water partition coefficient (Wildman–Crippen LogP) is 2.16. The van der Waals surface area contributed by atoms with Crippen molar-refractivity contribution in [1.29, 1.82) is 0 Å².